The molecule has 1 atom stereocenters. The third-order valence-electron chi connectivity index (χ3n) is 3.86. The average Bonchev–Trinajstić information content (AvgIpc) is 3.32. The van der Waals surface area contributed by atoms with Crippen molar-refractivity contribution in [1.82, 2.24) is 14.8 Å². The molecule has 1 aliphatic rings. The molecule has 2 aromatic rings. The molecular weight excluding hydrogens is 341 g/mol. The first-order valence-electron chi connectivity index (χ1n) is 7.53. The van der Waals surface area contributed by atoms with Crippen LogP contribution in [0.1, 0.15) is 24.2 Å². The highest BCUT2D eigenvalue weighted by Gasteiger charge is 2.32. The highest BCUT2D eigenvalue weighted by Crippen LogP contribution is 2.35. The van der Waals surface area contributed by atoms with Gasteiger partial charge in [0.2, 0.25) is 0 Å². The number of alkyl halides is 3. The van der Waals surface area contributed by atoms with Crippen molar-refractivity contribution in [2.24, 2.45) is 11.7 Å². The van der Waals surface area contributed by atoms with Gasteiger partial charge in [-0.25, -0.2) is 0 Å². The maximum atomic E-state index is 12.9. The zero-order valence-corrected chi connectivity index (χ0v) is 13.5. The molecule has 1 aromatic carbocycles. The molecule has 0 radical (unpaired) electrons. The van der Waals surface area contributed by atoms with Crippen LogP contribution in [0.3, 0.4) is 0 Å². The van der Waals surface area contributed by atoms with Crippen LogP contribution in [0.15, 0.2) is 29.4 Å². The Morgan fingerprint density at radius 1 is 1.33 bits per heavy atom. The molecule has 1 aromatic heterocycles. The summed E-state index contributed by atoms with van der Waals surface area (Å²) in [5.74, 6) is 1.11. The van der Waals surface area contributed by atoms with E-state index in [2.05, 4.69) is 10.2 Å². The zero-order chi connectivity index (χ0) is 17.3. The van der Waals surface area contributed by atoms with E-state index in [0.717, 1.165) is 25.0 Å². The van der Waals surface area contributed by atoms with Gasteiger partial charge in [-0.05, 0) is 37.0 Å². The molecule has 1 fully saturated rings. The van der Waals surface area contributed by atoms with Gasteiger partial charge in [0.05, 0.1) is 23.9 Å². The fourth-order valence-corrected chi connectivity index (χ4v) is 3.41. The maximum absolute atomic E-state index is 12.9. The monoisotopic (exact) mass is 358 g/mol. The number of hydrogen-bond donors (Lipinski definition) is 2. The van der Waals surface area contributed by atoms with Gasteiger partial charge >= 0.3 is 6.18 Å². The normalized spacial score (nSPS) is 16.4. The van der Waals surface area contributed by atoms with Crippen LogP contribution in [-0.4, -0.2) is 31.7 Å². The van der Waals surface area contributed by atoms with Gasteiger partial charge in [-0.3, -0.25) is 4.57 Å². The molecule has 9 heteroatoms. The van der Waals surface area contributed by atoms with E-state index in [0.29, 0.717) is 28.3 Å². The number of benzene rings is 1. The van der Waals surface area contributed by atoms with Gasteiger partial charge in [-0.15, -0.1) is 10.2 Å². The molecule has 3 N–H and O–H groups in total. The number of aliphatic hydroxyl groups is 1. The largest absolute Gasteiger partial charge is 0.416 e. The van der Waals surface area contributed by atoms with Crippen molar-refractivity contribution in [1.29, 1.82) is 0 Å². The van der Waals surface area contributed by atoms with E-state index in [-0.39, 0.29) is 6.54 Å². The van der Waals surface area contributed by atoms with Gasteiger partial charge in [-0.1, -0.05) is 17.8 Å². The smallest absolute Gasteiger partial charge is 0.392 e. The van der Waals surface area contributed by atoms with Crippen LogP contribution in [0.25, 0.3) is 5.69 Å². The SMILES string of the molecule is NCc1nnc(SC[C@H](O)C2CC2)n1-c1cccc(C(F)(F)F)c1. The Labute approximate surface area is 141 Å². The van der Waals surface area contributed by atoms with Crippen molar-refractivity contribution in [3.8, 4) is 5.69 Å². The lowest BCUT2D eigenvalue weighted by atomic mass is 10.2. The Kier molecular flexibility index (Phi) is 4.84. The molecule has 0 spiro atoms. The summed E-state index contributed by atoms with van der Waals surface area (Å²) in [5.41, 5.74) is 5.19. The fourth-order valence-electron chi connectivity index (χ4n) is 2.38. The zero-order valence-electron chi connectivity index (χ0n) is 12.7. The standard InChI is InChI=1S/C15H17F3N4OS/c16-15(17,18)10-2-1-3-11(6-10)22-13(7-19)20-21-14(22)24-8-12(23)9-4-5-9/h1-3,6,9,12,23H,4-5,7-8,19H2/t12-/m0/s1. The predicted octanol–water partition coefficient (Wildman–Crippen LogP) is 2.61. The van der Waals surface area contributed by atoms with E-state index in [9.17, 15) is 18.3 Å². The molecule has 0 aliphatic heterocycles. The van der Waals surface area contributed by atoms with E-state index < -0.39 is 17.8 Å². The van der Waals surface area contributed by atoms with Crippen molar-refractivity contribution in [3.05, 3.63) is 35.7 Å². The van der Waals surface area contributed by atoms with Crippen molar-refractivity contribution in [2.75, 3.05) is 5.75 Å². The van der Waals surface area contributed by atoms with E-state index in [1.54, 1.807) is 6.07 Å². The molecular formula is C15H17F3N4OS. The summed E-state index contributed by atoms with van der Waals surface area (Å²) in [6.07, 6.45) is -2.85. The number of hydrogen-bond acceptors (Lipinski definition) is 5. The van der Waals surface area contributed by atoms with Gasteiger partial charge in [0.15, 0.2) is 11.0 Å². The summed E-state index contributed by atoms with van der Waals surface area (Å²) in [4.78, 5) is 0. The van der Waals surface area contributed by atoms with Gasteiger partial charge in [0.25, 0.3) is 0 Å². The van der Waals surface area contributed by atoms with Gasteiger partial charge in [-0.2, -0.15) is 13.2 Å². The first-order valence-corrected chi connectivity index (χ1v) is 8.51. The molecule has 0 bridgehead atoms. The summed E-state index contributed by atoms with van der Waals surface area (Å²) in [7, 11) is 0. The summed E-state index contributed by atoms with van der Waals surface area (Å²) in [6, 6.07) is 4.95. The minimum absolute atomic E-state index is 0.0506. The first-order chi connectivity index (χ1) is 11.4. The molecule has 3 rings (SSSR count). The molecule has 0 amide bonds. The molecule has 1 heterocycles. The second kappa shape index (κ2) is 6.73. The minimum atomic E-state index is -4.43. The molecule has 1 aliphatic carbocycles. The van der Waals surface area contributed by atoms with Crippen LogP contribution >= 0.6 is 11.8 Å². The lowest BCUT2D eigenvalue weighted by Gasteiger charge is -2.13. The Balaban J connectivity index is 1.89. The Bertz CT molecular complexity index is 715. The lowest BCUT2D eigenvalue weighted by Crippen LogP contribution is -2.14. The van der Waals surface area contributed by atoms with Crippen molar-refractivity contribution in [3.63, 3.8) is 0 Å². The van der Waals surface area contributed by atoms with Crippen molar-refractivity contribution < 1.29 is 18.3 Å². The van der Waals surface area contributed by atoms with Crippen LogP contribution in [-0.2, 0) is 12.7 Å². The highest BCUT2D eigenvalue weighted by atomic mass is 32.2. The van der Waals surface area contributed by atoms with E-state index >= 15 is 0 Å². The topological polar surface area (TPSA) is 77.0 Å². The molecule has 1 saturated carbocycles. The number of halogens is 3. The summed E-state index contributed by atoms with van der Waals surface area (Å²) in [6.45, 7) is 0.0506. The third kappa shape index (κ3) is 3.73. The molecule has 130 valence electrons. The van der Waals surface area contributed by atoms with Crippen molar-refractivity contribution >= 4 is 11.8 Å². The molecule has 0 saturated heterocycles. The van der Waals surface area contributed by atoms with Crippen molar-refractivity contribution in [2.45, 2.75) is 36.8 Å². The number of aromatic nitrogens is 3. The Hall–Kier alpha value is -1.58. The Morgan fingerprint density at radius 2 is 2.08 bits per heavy atom. The van der Waals surface area contributed by atoms with Crippen LogP contribution < -0.4 is 5.73 Å². The fraction of sp³-hybridized carbons (Fsp3) is 0.467. The summed E-state index contributed by atoms with van der Waals surface area (Å²) >= 11 is 1.27. The van der Waals surface area contributed by atoms with Crippen LogP contribution in [0.2, 0.25) is 0 Å². The number of rotatable bonds is 6. The van der Waals surface area contributed by atoms with E-state index in [1.807, 2.05) is 0 Å². The summed E-state index contributed by atoms with van der Waals surface area (Å²) in [5, 5.41) is 18.4. The van der Waals surface area contributed by atoms with Crippen LogP contribution in [0.5, 0.6) is 0 Å². The van der Waals surface area contributed by atoms with Gasteiger partial charge in [0.1, 0.15) is 0 Å². The van der Waals surface area contributed by atoms with E-state index in [4.69, 9.17) is 5.73 Å². The molecule has 24 heavy (non-hydrogen) atoms. The molecule has 0 unspecified atom stereocenters. The minimum Gasteiger partial charge on any atom is -0.392 e. The number of nitrogens with two attached hydrogens (primary N) is 1. The quantitative estimate of drug-likeness (QED) is 0.776. The Morgan fingerprint density at radius 3 is 2.71 bits per heavy atom. The van der Waals surface area contributed by atoms with Crippen LogP contribution in [0.4, 0.5) is 13.2 Å². The number of nitrogens with zero attached hydrogens (tertiary/aromatic N) is 3. The average molecular weight is 358 g/mol. The van der Waals surface area contributed by atoms with Gasteiger partial charge < -0.3 is 10.8 Å². The predicted molar refractivity (Wildman–Crippen MR) is 83.7 cm³/mol. The second-order valence-corrected chi connectivity index (χ2v) is 6.69. The lowest BCUT2D eigenvalue weighted by molar-refractivity contribution is -0.137. The highest BCUT2D eigenvalue weighted by molar-refractivity contribution is 7.99. The first kappa shape index (κ1) is 17.2. The number of thioether (sulfide) groups is 1. The van der Waals surface area contributed by atoms with Gasteiger partial charge in [0, 0.05) is 5.75 Å². The molecule has 5 nitrogen and oxygen atoms in total. The summed E-state index contributed by atoms with van der Waals surface area (Å²) < 4.78 is 40.3. The maximum Gasteiger partial charge on any atom is 0.416 e. The van der Waals surface area contributed by atoms with E-state index in [1.165, 1.54) is 22.4 Å². The second-order valence-electron chi connectivity index (χ2n) is 5.70. The van der Waals surface area contributed by atoms with Crippen LogP contribution in [0, 0.1) is 5.92 Å². The number of aliphatic hydroxyl groups excluding tert-OH is 1. The third-order valence-corrected chi connectivity index (χ3v) is 4.89.